The van der Waals surface area contributed by atoms with Crippen LogP contribution in [-0.2, 0) is 0 Å². The molecular formula is C20H16BrClFN. The van der Waals surface area contributed by atoms with Gasteiger partial charge >= 0.3 is 0 Å². The number of hydrogen-bond donors (Lipinski definition) is 0. The van der Waals surface area contributed by atoms with Gasteiger partial charge in [-0.2, -0.15) is 0 Å². The molecule has 1 nitrogen and oxygen atoms in total. The van der Waals surface area contributed by atoms with Crippen LogP contribution < -0.4 is 0 Å². The minimum Gasteiger partial charge on any atom is -0.340 e. The van der Waals surface area contributed by atoms with Gasteiger partial charge < -0.3 is 4.90 Å². The first-order chi connectivity index (χ1) is 11.5. The Morgan fingerprint density at radius 1 is 1.12 bits per heavy atom. The van der Waals surface area contributed by atoms with E-state index in [1.807, 2.05) is 48.2 Å². The lowest BCUT2D eigenvalue weighted by Gasteiger charge is -2.34. The molecule has 0 saturated carbocycles. The van der Waals surface area contributed by atoms with Gasteiger partial charge in [-0.05, 0) is 46.6 Å². The second-order valence-corrected chi connectivity index (χ2v) is 6.67. The van der Waals surface area contributed by atoms with Crippen LogP contribution in [0, 0.1) is 5.82 Å². The molecule has 0 fully saturated rings. The number of nitrogens with zero attached hydrogens (tertiary/aromatic N) is 1. The molecule has 0 radical (unpaired) electrons. The molecule has 0 N–H and O–H groups in total. The molecule has 2 aromatic rings. The predicted octanol–water partition coefficient (Wildman–Crippen LogP) is 6.48. The van der Waals surface area contributed by atoms with Crippen LogP contribution in [0.2, 0.25) is 5.02 Å². The van der Waals surface area contributed by atoms with Crippen molar-refractivity contribution < 1.29 is 4.39 Å². The van der Waals surface area contributed by atoms with Crippen LogP contribution in [0.25, 0.3) is 11.3 Å². The van der Waals surface area contributed by atoms with Crippen molar-refractivity contribution in [2.24, 2.45) is 0 Å². The van der Waals surface area contributed by atoms with E-state index in [2.05, 4.69) is 22.5 Å². The number of rotatable bonds is 3. The van der Waals surface area contributed by atoms with E-state index in [1.165, 1.54) is 6.07 Å². The van der Waals surface area contributed by atoms with Crippen LogP contribution in [-0.4, -0.2) is 11.4 Å². The van der Waals surface area contributed by atoms with Crippen LogP contribution in [0.5, 0.6) is 0 Å². The lowest BCUT2D eigenvalue weighted by Crippen LogP contribution is -2.25. The van der Waals surface area contributed by atoms with E-state index < -0.39 is 0 Å². The van der Waals surface area contributed by atoms with E-state index in [4.69, 9.17) is 11.6 Å². The molecular weight excluding hydrogens is 389 g/mol. The van der Waals surface area contributed by atoms with Gasteiger partial charge in [0.25, 0.3) is 0 Å². The zero-order valence-electron chi connectivity index (χ0n) is 13.2. The Labute approximate surface area is 154 Å². The Bertz CT molecular complexity index is 835. The number of allylic oxidation sites excluding steroid dienone is 3. The van der Waals surface area contributed by atoms with E-state index >= 15 is 0 Å². The maximum Gasteiger partial charge on any atom is 0.134 e. The third kappa shape index (κ3) is 2.94. The van der Waals surface area contributed by atoms with Gasteiger partial charge in [0.1, 0.15) is 5.82 Å². The van der Waals surface area contributed by atoms with Gasteiger partial charge in [-0.25, -0.2) is 4.39 Å². The second-order valence-electron chi connectivity index (χ2n) is 5.41. The number of benzene rings is 2. The highest BCUT2D eigenvalue weighted by molar-refractivity contribution is 9.12. The van der Waals surface area contributed by atoms with Gasteiger partial charge in [0.15, 0.2) is 0 Å². The van der Waals surface area contributed by atoms with Crippen LogP contribution in [0.1, 0.15) is 18.1 Å². The summed E-state index contributed by atoms with van der Waals surface area (Å²) in [5.74, 6) is -0.344. The molecule has 0 atom stereocenters. The van der Waals surface area contributed by atoms with Crippen molar-refractivity contribution in [3.63, 3.8) is 0 Å². The Hall–Kier alpha value is -1.84. The summed E-state index contributed by atoms with van der Waals surface area (Å²) in [6.45, 7) is 6.78. The van der Waals surface area contributed by atoms with Gasteiger partial charge in [0.05, 0.1) is 16.3 Å². The SMILES string of the molecule is C=C1C(Br)=CC(c2ccccc2)=C(c2c(F)cccc2Cl)N1CC. The summed E-state index contributed by atoms with van der Waals surface area (Å²) < 4.78 is 15.5. The minimum atomic E-state index is -0.344. The number of halogens is 3. The average molecular weight is 405 g/mol. The molecule has 0 unspecified atom stereocenters. The summed E-state index contributed by atoms with van der Waals surface area (Å²) in [5.41, 5.74) is 3.82. The molecule has 4 heteroatoms. The zero-order valence-corrected chi connectivity index (χ0v) is 15.5. The molecule has 0 spiro atoms. The third-order valence-electron chi connectivity index (χ3n) is 4.00. The minimum absolute atomic E-state index is 0.344. The fourth-order valence-electron chi connectivity index (χ4n) is 2.87. The van der Waals surface area contributed by atoms with E-state index in [0.29, 0.717) is 17.1 Å². The quantitative estimate of drug-likeness (QED) is 0.566. The predicted molar refractivity (Wildman–Crippen MR) is 103 cm³/mol. The summed E-state index contributed by atoms with van der Waals surface area (Å²) in [5, 5.41) is 0.385. The molecule has 122 valence electrons. The highest BCUT2D eigenvalue weighted by Crippen LogP contribution is 2.43. The van der Waals surface area contributed by atoms with E-state index in [-0.39, 0.29) is 5.82 Å². The van der Waals surface area contributed by atoms with Gasteiger partial charge in [0, 0.05) is 22.3 Å². The van der Waals surface area contributed by atoms with Crippen LogP contribution in [0.3, 0.4) is 0 Å². The lowest BCUT2D eigenvalue weighted by atomic mass is 9.94. The van der Waals surface area contributed by atoms with Crippen molar-refractivity contribution in [2.75, 3.05) is 6.54 Å². The monoisotopic (exact) mass is 403 g/mol. The average Bonchev–Trinajstić information content (AvgIpc) is 2.58. The molecule has 1 heterocycles. The molecule has 0 bridgehead atoms. The van der Waals surface area contributed by atoms with Gasteiger partial charge in [0.2, 0.25) is 0 Å². The third-order valence-corrected chi connectivity index (χ3v) is 5.00. The zero-order chi connectivity index (χ0) is 17.3. The summed E-state index contributed by atoms with van der Waals surface area (Å²) in [6.07, 6.45) is 1.97. The van der Waals surface area contributed by atoms with Crippen LogP contribution in [0.4, 0.5) is 4.39 Å². The molecule has 1 aliphatic heterocycles. The number of hydrogen-bond acceptors (Lipinski definition) is 1. The van der Waals surface area contributed by atoms with E-state index in [9.17, 15) is 4.39 Å². The summed E-state index contributed by atoms with van der Waals surface area (Å²) in [6, 6.07) is 14.6. The molecule has 1 aliphatic rings. The summed E-state index contributed by atoms with van der Waals surface area (Å²) in [4.78, 5) is 1.98. The van der Waals surface area contributed by atoms with Crippen molar-refractivity contribution in [1.82, 2.24) is 4.90 Å². The highest BCUT2D eigenvalue weighted by Gasteiger charge is 2.27. The van der Waals surface area contributed by atoms with Gasteiger partial charge in [-0.3, -0.25) is 0 Å². The molecule has 2 aromatic carbocycles. The highest BCUT2D eigenvalue weighted by atomic mass is 79.9. The topological polar surface area (TPSA) is 3.24 Å². The first-order valence-electron chi connectivity index (χ1n) is 7.62. The summed E-state index contributed by atoms with van der Waals surface area (Å²) in [7, 11) is 0. The number of likely N-dealkylation sites (N-methyl/N-ethyl adjacent to an activating group) is 1. The fourth-order valence-corrected chi connectivity index (χ4v) is 3.56. The van der Waals surface area contributed by atoms with E-state index in [1.54, 1.807) is 12.1 Å². The van der Waals surface area contributed by atoms with Crippen molar-refractivity contribution in [3.05, 3.63) is 93.3 Å². The van der Waals surface area contributed by atoms with Crippen molar-refractivity contribution in [1.29, 1.82) is 0 Å². The second kappa shape index (κ2) is 6.96. The van der Waals surface area contributed by atoms with Crippen LogP contribution >= 0.6 is 27.5 Å². The smallest absolute Gasteiger partial charge is 0.134 e. The molecule has 0 saturated heterocycles. The maximum atomic E-state index is 14.7. The van der Waals surface area contributed by atoms with Crippen molar-refractivity contribution >= 4 is 38.8 Å². The Morgan fingerprint density at radius 2 is 1.83 bits per heavy atom. The van der Waals surface area contributed by atoms with Crippen molar-refractivity contribution in [3.8, 4) is 0 Å². The molecule has 24 heavy (non-hydrogen) atoms. The first-order valence-corrected chi connectivity index (χ1v) is 8.79. The standard InChI is InChI=1S/C20H16BrClFN/c1-3-24-13(2)16(21)12-15(14-8-5-4-6-9-14)20(24)19-17(22)10-7-11-18(19)23/h4-12H,2-3H2,1H3. The van der Waals surface area contributed by atoms with E-state index in [0.717, 1.165) is 27.0 Å². The molecule has 0 aromatic heterocycles. The maximum absolute atomic E-state index is 14.7. The molecule has 0 aliphatic carbocycles. The van der Waals surface area contributed by atoms with Gasteiger partial charge in [-0.1, -0.05) is 54.6 Å². The fraction of sp³-hybridized carbons (Fsp3) is 0.100. The largest absolute Gasteiger partial charge is 0.340 e. The Kier molecular flexibility index (Phi) is 4.93. The van der Waals surface area contributed by atoms with Crippen molar-refractivity contribution in [2.45, 2.75) is 6.92 Å². The molecule has 0 amide bonds. The van der Waals surface area contributed by atoms with Gasteiger partial charge in [-0.15, -0.1) is 0 Å². The Morgan fingerprint density at radius 3 is 2.46 bits per heavy atom. The Balaban J connectivity index is 2.37. The first kappa shape index (κ1) is 17.0. The lowest BCUT2D eigenvalue weighted by molar-refractivity contribution is 0.523. The van der Waals surface area contributed by atoms with Crippen LogP contribution in [0.15, 0.2) is 71.4 Å². The normalized spacial score (nSPS) is 14.9. The summed E-state index contributed by atoms with van der Waals surface area (Å²) >= 11 is 9.93. The molecule has 3 rings (SSSR count).